The van der Waals surface area contributed by atoms with Gasteiger partial charge in [0, 0.05) is 5.56 Å². The number of nitrogens with zero attached hydrogens (tertiary/aromatic N) is 2. The Morgan fingerprint density at radius 2 is 1.60 bits per heavy atom. The molecule has 1 amide bonds. The van der Waals surface area contributed by atoms with Gasteiger partial charge in [-0.25, -0.2) is 9.97 Å². The molecule has 0 radical (unpaired) electrons. The molecule has 20 heavy (non-hydrogen) atoms. The van der Waals surface area contributed by atoms with Gasteiger partial charge in [0.25, 0.3) is 5.91 Å². The number of anilines is 1. The van der Waals surface area contributed by atoms with E-state index in [9.17, 15) is 4.79 Å². The van der Waals surface area contributed by atoms with Crippen molar-refractivity contribution in [2.45, 2.75) is 6.92 Å². The second-order valence-corrected chi connectivity index (χ2v) is 5.43. The highest BCUT2D eigenvalue weighted by Gasteiger charge is 2.13. The lowest BCUT2D eigenvalue weighted by Gasteiger charge is -2.08. The molecule has 8 heteroatoms. The van der Waals surface area contributed by atoms with Gasteiger partial charge in [0.15, 0.2) is 5.82 Å². The van der Waals surface area contributed by atoms with Crippen molar-refractivity contribution < 1.29 is 4.79 Å². The van der Waals surface area contributed by atoms with E-state index in [1.807, 2.05) is 0 Å². The number of amides is 1. The Labute approximate surface area is 135 Å². The van der Waals surface area contributed by atoms with E-state index in [-0.39, 0.29) is 26.7 Å². The van der Waals surface area contributed by atoms with Crippen molar-refractivity contribution in [2.24, 2.45) is 0 Å². The van der Waals surface area contributed by atoms with E-state index in [2.05, 4.69) is 15.3 Å². The van der Waals surface area contributed by atoms with Crippen molar-refractivity contribution >= 4 is 58.1 Å². The minimum Gasteiger partial charge on any atom is -0.305 e. The molecule has 0 fully saturated rings. The highest BCUT2D eigenvalue weighted by atomic mass is 35.5. The Bertz CT molecular complexity index is 670. The average Bonchev–Trinajstić information content (AvgIpc) is 2.34. The summed E-state index contributed by atoms with van der Waals surface area (Å²) in [6.07, 6.45) is 0. The Morgan fingerprint density at radius 1 is 1.00 bits per heavy atom. The molecule has 2 aromatic rings. The summed E-state index contributed by atoms with van der Waals surface area (Å²) in [6.45, 7) is 1.70. The number of aromatic nitrogens is 2. The second kappa shape index (κ2) is 6.14. The number of rotatable bonds is 2. The predicted molar refractivity (Wildman–Crippen MR) is 81.2 cm³/mol. The predicted octanol–water partition coefficient (Wildman–Crippen LogP) is 4.65. The normalized spacial score (nSPS) is 10.4. The molecule has 2 rings (SSSR count). The van der Waals surface area contributed by atoms with E-state index in [1.54, 1.807) is 6.92 Å². The number of aryl methyl sites for hydroxylation is 1. The molecule has 104 valence electrons. The third kappa shape index (κ3) is 3.52. The first-order chi connectivity index (χ1) is 9.36. The zero-order valence-corrected chi connectivity index (χ0v) is 13.1. The fraction of sp³-hybridized carbons (Fsp3) is 0.0833. The van der Waals surface area contributed by atoms with Crippen LogP contribution in [0.2, 0.25) is 20.4 Å². The molecule has 0 aliphatic rings. The molecule has 0 aliphatic carbocycles. The van der Waals surface area contributed by atoms with E-state index in [4.69, 9.17) is 46.4 Å². The molecule has 2 aromatic heterocycles. The number of carbonyl (C=O) groups is 1. The van der Waals surface area contributed by atoms with E-state index >= 15 is 0 Å². The van der Waals surface area contributed by atoms with Gasteiger partial charge in [-0.15, -0.1) is 0 Å². The van der Waals surface area contributed by atoms with Crippen molar-refractivity contribution in [1.82, 2.24) is 9.97 Å². The first-order valence-corrected chi connectivity index (χ1v) is 6.85. The monoisotopic (exact) mass is 349 g/mol. The third-order valence-corrected chi connectivity index (χ3v) is 3.42. The molecular weight excluding hydrogens is 344 g/mol. The van der Waals surface area contributed by atoms with Crippen LogP contribution < -0.4 is 5.32 Å². The van der Waals surface area contributed by atoms with Crippen LogP contribution in [0.4, 0.5) is 5.82 Å². The van der Waals surface area contributed by atoms with Gasteiger partial charge < -0.3 is 5.32 Å². The van der Waals surface area contributed by atoms with Crippen LogP contribution in [-0.4, -0.2) is 15.9 Å². The van der Waals surface area contributed by atoms with Gasteiger partial charge in [-0.3, -0.25) is 4.79 Å². The third-order valence-electron chi connectivity index (χ3n) is 2.36. The summed E-state index contributed by atoms with van der Waals surface area (Å²) in [5.41, 5.74) is 0.803. The maximum Gasteiger partial charge on any atom is 0.257 e. The lowest BCUT2D eigenvalue weighted by atomic mass is 10.2. The Hall–Kier alpha value is -1.07. The van der Waals surface area contributed by atoms with Crippen molar-refractivity contribution in [3.05, 3.63) is 49.8 Å². The van der Waals surface area contributed by atoms with E-state index in [0.717, 1.165) is 0 Å². The zero-order valence-electron chi connectivity index (χ0n) is 10.0. The van der Waals surface area contributed by atoms with Crippen LogP contribution in [0.5, 0.6) is 0 Å². The summed E-state index contributed by atoms with van der Waals surface area (Å²) < 4.78 is 0. The number of halogens is 4. The summed E-state index contributed by atoms with van der Waals surface area (Å²) in [5, 5.41) is 3.46. The molecule has 0 saturated carbocycles. The van der Waals surface area contributed by atoms with Crippen LogP contribution in [-0.2, 0) is 0 Å². The highest BCUT2D eigenvalue weighted by molar-refractivity contribution is 6.37. The lowest BCUT2D eigenvalue weighted by molar-refractivity contribution is 0.102. The van der Waals surface area contributed by atoms with Crippen LogP contribution in [0.1, 0.15) is 16.1 Å². The fourth-order valence-corrected chi connectivity index (χ4v) is 2.29. The summed E-state index contributed by atoms with van der Waals surface area (Å²) in [4.78, 5) is 19.9. The molecule has 2 heterocycles. The van der Waals surface area contributed by atoms with E-state index in [0.29, 0.717) is 10.7 Å². The van der Waals surface area contributed by atoms with E-state index < -0.39 is 5.91 Å². The SMILES string of the molecule is Cc1nc(NC(=O)c2cc(Cl)nc(Cl)c2)c(Cl)cc1Cl. The molecule has 0 aromatic carbocycles. The quantitative estimate of drug-likeness (QED) is 0.802. The van der Waals surface area contributed by atoms with Crippen molar-refractivity contribution in [3.8, 4) is 0 Å². The standard InChI is InChI=1S/C12H7Cl4N3O/c1-5-7(13)4-8(14)11(17-5)19-12(20)6-2-9(15)18-10(16)3-6/h2-4H,1H3,(H,17,19,20). The number of hydrogen-bond acceptors (Lipinski definition) is 3. The number of pyridine rings is 2. The van der Waals surface area contributed by atoms with Crippen LogP contribution >= 0.6 is 46.4 Å². The maximum atomic E-state index is 12.1. The number of hydrogen-bond donors (Lipinski definition) is 1. The Morgan fingerprint density at radius 3 is 2.20 bits per heavy atom. The largest absolute Gasteiger partial charge is 0.305 e. The molecule has 1 N–H and O–H groups in total. The molecule has 4 nitrogen and oxygen atoms in total. The average molecular weight is 351 g/mol. The first-order valence-electron chi connectivity index (χ1n) is 5.34. The highest BCUT2D eigenvalue weighted by Crippen LogP contribution is 2.26. The summed E-state index contributed by atoms with van der Waals surface area (Å²) >= 11 is 23.3. The maximum absolute atomic E-state index is 12.1. The molecule has 0 bridgehead atoms. The second-order valence-electron chi connectivity index (χ2n) is 3.84. The van der Waals surface area contributed by atoms with Gasteiger partial charge in [-0.1, -0.05) is 46.4 Å². The van der Waals surface area contributed by atoms with Gasteiger partial charge in [0.05, 0.1) is 15.7 Å². The van der Waals surface area contributed by atoms with Gasteiger partial charge in [0.2, 0.25) is 0 Å². The van der Waals surface area contributed by atoms with Crippen LogP contribution in [0.25, 0.3) is 0 Å². The smallest absolute Gasteiger partial charge is 0.257 e. The van der Waals surface area contributed by atoms with Crippen molar-refractivity contribution in [2.75, 3.05) is 5.32 Å². The summed E-state index contributed by atoms with van der Waals surface area (Å²) in [6, 6.07) is 4.28. The molecular formula is C12H7Cl4N3O. The van der Waals surface area contributed by atoms with Crippen LogP contribution in [0.3, 0.4) is 0 Å². The van der Waals surface area contributed by atoms with Crippen molar-refractivity contribution in [1.29, 1.82) is 0 Å². The fourth-order valence-electron chi connectivity index (χ4n) is 1.42. The van der Waals surface area contributed by atoms with Gasteiger partial charge >= 0.3 is 0 Å². The first kappa shape index (κ1) is 15.3. The summed E-state index contributed by atoms with van der Waals surface area (Å²) in [5.74, 6) is -0.241. The minimum atomic E-state index is -0.452. The zero-order chi connectivity index (χ0) is 14.9. The molecule has 0 aliphatic heterocycles. The van der Waals surface area contributed by atoms with E-state index in [1.165, 1.54) is 18.2 Å². The molecule has 0 unspecified atom stereocenters. The van der Waals surface area contributed by atoms with Crippen LogP contribution in [0.15, 0.2) is 18.2 Å². The van der Waals surface area contributed by atoms with Gasteiger partial charge in [-0.05, 0) is 25.1 Å². The molecule has 0 spiro atoms. The lowest BCUT2D eigenvalue weighted by Crippen LogP contribution is -2.14. The topological polar surface area (TPSA) is 54.9 Å². The Kier molecular flexibility index (Phi) is 4.70. The van der Waals surface area contributed by atoms with Crippen molar-refractivity contribution in [3.63, 3.8) is 0 Å². The molecule has 0 atom stereocenters. The number of carbonyl (C=O) groups excluding carboxylic acids is 1. The van der Waals surface area contributed by atoms with Crippen LogP contribution in [0, 0.1) is 6.92 Å². The Balaban J connectivity index is 2.30. The molecule has 0 saturated heterocycles. The van der Waals surface area contributed by atoms with Gasteiger partial charge in [-0.2, -0.15) is 0 Å². The number of nitrogens with one attached hydrogen (secondary N) is 1. The van der Waals surface area contributed by atoms with Gasteiger partial charge in [0.1, 0.15) is 10.3 Å². The minimum absolute atomic E-state index is 0.119. The summed E-state index contributed by atoms with van der Waals surface area (Å²) in [7, 11) is 0.